The van der Waals surface area contributed by atoms with Crippen molar-refractivity contribution >= 4 is 34.1 Å². The number of aromatic nitrogens is 2. The number of thiocarbonyl (C=S) groups is 1. The van der Waals surface area contributed by atoms with E-state index in [1.54, 1.807) is 24.1 Å². The molecule has 0 spiro atoms. The average molecular weight is 244 g/mol. The second-order valence-corrected chi connectivity index (χ2v) is 4.37. The quantitative estimate of drug-likeness (QED) is 0.595. The smallest absolute Gasteiger partial charge is 0.220 e. The highest BCUT2D eigenvalue weighted by molar-refractivity contribution is 8.23. The van der Waals surface area contributed by atoms with E-state index < -0.39 is 0 Å². The van der Waals surface area contributed by atoms with E-state index in [1.165, 1.54) is 11.8 Å². The highest BCUT2D eigenvalue weighted by Crippen LogP contribution is 2.09. The lowest BCUT2D eigenvalue weighted by atomic mass is 10.3. The van der Waals surface area contributed by atoms with Gasteiger partial charge in [0.2, 0.25) is 4.38 Å². The van der Waals surface area contributed by atoms with Gasteiger partial charge in [-0.25, -0.2) is 0 Å². The minimum absolute atomic E-state index is 0.00940. The van der Waals surface area contributed by atoms with E-state index in [-0.39, 0.29) is 5.78 Å². The predicted octanol–water partition coefficient (Wildman–Crippen LogP) is 1.66. The van der Waals surface area contributed by atoms with Crippen LogP contribution in [0, 0.1) is 0 Å². The molecule has 15 heavy (non-hydrogen) atoms. The topological polar surface area (TPSA) is 44.1 Å². The number of ether oxygens (including phenoxy) is 1. The minimum atomic E-state index is 0.00940. The molecule has 0 radical (unpaired) electrons. The Kier molecular flexibility index (Phi) is 4.77. The molecule has 0 aliphatic heterocycles. The third-order valence-electron chi connectivity index (χ3n) is 1.61. The zero-order valence-corrected chi connectivity index (χ0v) is 10.2. The lowest BCUT2D eigenvalue weighted by molar-refractivity contribution is 0.102. The molecule has 0 aliphatic carbocycles. The number of ketones is 1. The molecule has 0 saturated carbocycles. The molecule has 6 heteroatoms. The number of nitrogens with zero attached hydrogens (tertiary/aromatic N) is 2. The normalized spacial score (nSPS) is 10.0. The SMILES string of the molecule is CCOC(=S)SCC(=O)c1cnn(C)c1. The van der Waals surface area contributed by atoms with Crippen LogP contribution in [0.5, 0.6) is 0 Å². The third-order valence-corrected chi connectivity index (χ3v) is 2.84. The van der Waals surface area contributed by atoms with Gasteiger partial charge in [-0.1, -0.05) is 11.8 Å². The summed E-state index contributed by atoms with van der Waals surface area (Å²) in [6, 6.07) is 0. The number of aryl methyl sites for hydroxylation is 1. The summed E-state index contributed by atoms with van der Waals surface area (Å²) in [6.45, 7) is 2.39. The molecule has 0 bridgehead atoms. The van der Waals surface area contributed by atoms with Gasteiger partial charge in [0.05, 0.1) is 24.1 Å². The number of carbonyl (C=O) groups excluding carboxylic acids is 1. The minimum Gasteiger partial charge on any atom is -0.479 e. The summed E-state index contributed by atoms with van der Waals surface area (Å²) < 4.78 is 7.06. The number of rotatable bonds is 4. The molecular formula is C9H12N2O2S2. The average Bonchev–Trinajstić information content (AvgIpc) is 2.62. The fourth-order valence-corrected chi connectivity index (χ4v) is 1.84. The van der Waals surface area contributed by atoms with E-state index in [2.05, 4.69) is 5.10 Å². The molecule has 1 aromatic heterocycles. The Morgan fingerprint density at radius 3 is 3.00 bits per heavy atom. The third kappa shape index (κ3) is 4.01. The van der Waals surface area contributed by atoms with Gasteiger partial charge in [-0.05, 0) is 19.1 Å². The van der Waals surface area contributed by atoms with Crippen LogP contribution in [0.15, 0.2) is 12.4 Å². The largest absolute Gasteiger partial charge is 0.479 e. The first-order valence-electron chi connectivity index (χ1n) is 4.45. The first kappa shape index (κ1) is 12.2. The van der Waals surface area contributed by atoms with Gasteiger partial charge in [0, 0.05) is 13.2 Å². The van der Waals surface area contributed by atoms with Gasteiger partial charge in [0.1, 0.15) is 0 Å². The van der Waals surface area contributed by atoms with E-state index in [1.807, 2.05) is 6.92 Å². The fraction of sp³-hybridized carbons (Fsp3) is 0.444. The van der Waals surface area contributed by atoms with Gasteiger partial charge in [-0.15, -0.1) is 0 Å². The molecule has 1 aromatic rings. The molecule has 0 atom stereocenters. The maximum atomic E-state index is 11.6. The van der Waals surface area contributed by atoms with Crippen LogP contribution in [0.4, 0.5) is 0 Å². The number of hydrogen-bond donors (Lipinski definition) is 0. The van der Waals surface area contributed by atoms with Crippen LogP contribution in [-0.4, -0.2) is 32.3 Å². The number of carbonyl (C=O) groups is 1. The van der Waals surface area contributed by atoms with Crippen molar-refractivity contribution in [2.24, 2.45) is 7.05 Å². The standard InChI is InChI=1S/C9H12N2O2S2/c1-3-13-9(14)15-6-8(12)7-4-10-11(2)5-7/h4-5H,3,6H2,1-2H3. The summed E-state index contributed by atoms with van der Waals surface area (Å²) >= 11 is 6.13. The molecule has 0 aromatic carbocycles. The van der Waals surface area contributed by atoms with E-state index in [0.29, 0.717) is 22.3 Å². The van der Waals surface area contributed by atoms with Crippen molar-refractivity contribution in [3.63, 3.8) is 0 Å². The summed E-state index contributed by atoms with van der Waals surface area (Å²) in [5, 5.41) is 3.92. The van der Waals surface area contributed by atoms with Crippen LogP contribution in [0.25, 0.3) is 0 Å². The second kappa shape index (κ2) is 5.87. The number of thioether (sulfide) groups is 1. The van der Waals surface area contributed by atoms with E-state index in [4.69, 9.17) is 17.0 Å². The Morgan fingerprint density at radius 2 is 2.47 bits per heavy atom. The number of hydrogen-bond acceptors (Lipinski definition) is 5. The van der Waals surface area contributed by atoms with Crippen molar-refractivity contribution in [2.75, 3.05) is 12.4 Å². The van der Waals surface area contributed by atoms with Gasteiger partial charge >= 0.3 is 0 Å². The summed E-state index contributed by atoms with van der Waals surface area (Å²) in [4.78, 5) is 11.6. The van der Waals surface area contributed by atoms with Crippen molar-refractivity contribution in [2.45, 2.75) is 6.92 Å². The Bertz CT molecular complexity index is 363. The highest BCUT2D eigenvalue weighted by Gasteiger charge is 2.09. The molecule has 0 fully saturated rings. The van der Waals surface area contributed by atoms with Crippen molar-refractivity contribution in [3.05, 3.63) is 18.0 Å². The molecule has 0 aliphatic rings. The Hall–Kier alpha value is -0.880. The Morgan fingerprint density at radius 1 is 1.73 bits per heavy atom. The lowest BCUT2D eigenvalue weighted by Gasteiger charge is -2.02. The molecule has 1 rings (SSSR count). The van der Waals surface area contributed by atoms with Crippen molar-refractivity contribution in [3.8, 4) is 0 Å². The first-order chi connectivity index (χ1) is 7.13. The molecule has 1 heterocycles. The first-order valence-corrected chi connectivity index (χ1v) is 5.84. The summed E-state index contributed by atoms with van der Waals surface area (Å²) in [7, 11) is 1.77. The summed E-state index contributed by atoms with van der Waals surface area (Å²) in [5.41, 5.74) is 0.601. The second-order valence-electron chi connectivity index (χ2n) is 2.80. The van der Waals surface area contributed by atoms with Gasteiger partial charge < -0.3 is 4.74 Å². The molecule has 0 unspecified atom stereocenters. The van der Waals surface area contributed by atoms with Crippen LogP contribution in [0.2, 0.25) is 0 Å². The van der Waals surface area contributed by atoms with Crippen LogP contribution in [0.3, 0.4) is 0 Å². The predicted molar refractivity (Wildman–Crippen MR) is 64.2 cm³/mol. The van der Waals surface area contributed by atoms with Gasteiger partial charge in [0.25, 0.3) is 0 Å². The van der Waals surface area contributed by atoms with Gasteiger partial charge in [-0.3, -0.25) is 9.48 Å². The highest BCUT2D eigenvalue weighted by atomic mass is 32.2. The van der Waals surface area contributed by atoms with Crippen molar-refractivity contribution in [1.82, 2.24) is 9.78 Å². The van der Waals surface area contributed by atoms with Gasteiger partial charge in [-0.2, -0.15) is 5.10 Å². The maximum Gasteiger partial charge on any atom is 0.220 e. The zero-order valence-electron chi connectivity index (χ0n) is 8.60. The Labute approximate surface area is 98.0 Å². The van der Waals surface area contributed by atoms with Crippen LogP contribution in [0.1, 0.15) is 17.3 Å². The van der Waals surface area contributed by atoms with Crippen molar-refractivity contribution in [1.29, 1.82) is 0 Å². The molecule has 0 saturated heterocycles. The van der Waals surface area contributed by atoms with E-state index in [9.17, 15) is 4.79 Å². The number of Topliss-reactive ketones (excluding diaryl/α,β-unsaturated/α-hetero) is 1. The van der Waals surface area contributed by atoms with Crippen LogP contribution >= 0.6 is 24.0 Å². The summed E-state index contributed by atoms with van der Waals surface area (Å²) in [6.07, 6.45) is 3.24. The monoisotopic (exact) mass is 244 g/mol. The maximum absolute atomic E-state index is 11.6. The Balaban J connectivity index is 2.40. The van der Waals surface area contributed by atoms with Gasteiger partial charge in [0.15, 0.2) is 5.78 Å². The van der Waals surface area contributed by atoms with Crippen LogP contribution < -0.4 is 0 Å². The summed E-state index contributed by atoms with van der Waals surface area (Å²) in [5.74, 6) is 0.306. The zero-order chi connectivity index (χ0) is 11.3. The van der Waals surface area contributed by atoms with E-state index in [0.717, 1.165) is 0 Å². The molecule has 4 nitrogen and oxygen atoms in total. The molecular weight excluding hydrogens is 232 g/mol. The molecule has 82 valence electrons. The van der Waals surface area contributed by atoms with Crippen LogP contribution in [-0.2, 0) is 11.8 Å². The fourth-order valence-electron chi connectivity index (χ4n) is 0.933. The molecule has 0 N–H and O–H groups in total. The van der Waals surface area contributed by atoms with E-state index >= 15 is 0 Å². The molecule has 0 amide bonds. The van der Waals surface area contributed by atoms with Crippen molar-refractivity contribution < 1.29 is 9.53 Å². The lowest BCUT2D eigenvalue weighted by Crippen LogP contribution is -2.05.